The SMILES string of the molecule is CCCCCCCC[n+]1ccc(C)c2ccccc21. The summed E-state index contributed by atoms with van der Waals surface area (Å²) >= 11 is 0. The van der Waals surface area contributed by atoms with Gasteiger partial charge in [0, 0.05) is 23.9 Å². The van der Waals surface area contributed by atoms with E-state index in [9.17, 15) is 0 Å². The summed E-state index contributed by atoms with van der Waals surface area (Å²) in [6.45, 7) is 5.61. The monoisotopic (exact) mass is 256 g/mol. The minimum absolute atomic E-state index is 1.15. The second kappa shape index (κ2) is 7.28. The molecule has 0 bridgehead atoms. The van der Waals surface area contributed by atoms with Crippen LogP contribution in [0, 0.1) is 6.92 Å². The Morgan fingerprint density at radius 1 is 0.895 bits per heavy atom. The molecule has 2 rings (SSSR count). The van der Waals surface area contributed by atoms with Crippen molar-refractivity contribution in [2.75, 3.05) is 0 Å². The average Bonchev–Trinajstić information content (AvgIpc) is 2.45. The highest BCUT2D eigenvalue weighted by molar-refractivity contribution is 5.78. The number of aryl methyl sites for hydroxylation is 2. The van der Waals surface area contributed by atoms with E-state index in [4.69, 9.17) is 0 Å². The lowest BCUT2D eigenvalue weighted by Crippen LogP contribution is -2.34. The van der Waals surface area contributed by atoms with Crippen molar-refractivity contribution in [2.45, 2.75) is 58.9 Å². The van der Waals surface area contributed by atoms with E-state index in [1.807, 2.05) is 0 Å². The maximum Gasteiger partial charge on any atom is 0.212 e. The third kappa shape index (κ3) is 3.79. The lowest BCUT2D eigenvalue weighted by Gasteiger charge is -2.04. The van der Waals surface area contributed by atoms with Crippen molar-refractivity contribution >= 4 is 10.9 Å². The lowest BCUT2D eigenvalue weighted by atomic mass is 10.1. The van der Waals surface area contributed by atoms with Crippen molar-refractivity contribution in [1.29, 1.82) is 0 Å². The Morgan fingerprint density at radius 3 is 2.47 bits per heavy atom. The molecule has 1 aromatic heterocycles. The number of para-hydroxylation sites is 1. The van der Waals surface area contributed by atoms with Crippen molar-refractivity contribution in [3.63, 3.8) is 0 Å². The second-order valence-corrected chi connectivity index (χ2v) is 5.48. The van der Waals surface area contributed by atoms with E-state index in [0.29, 0.717) is 0 Å². The van der Waals surface area contributed by atoms with E-state index in [0.717, 1.165) is 6.54 Å². The van der Waals surface area contributed by atoms with Gasteiger partial charge in [0.2, 0.25) is 5.52 Å². The van der Waals surface area contributed by atoms with Crippen LogP contribution < -0.4 is 4.57 Å². The Balaban J connectivity index is 1.96. The van der Waals surface area contributed by atoms with Gasteiger partial charge in [0.05, 0.1) is 0 Å². The summed E-state index contributed by atoms with van der Waals surface area (Å²) in [4.78, 5) is 0. The molecule has 0 aliphatic carbocycles. The van der Waals surface area contributed by atoms with Crippen LogP contribution in [0.1, 0.15) is 51.0 Å². The van der Waals surface area contributed by atoms with Crippen LogP contribution in [0.4, 0.5) is 0 Å². The number of unbranched alkanes of at least 4 members (excludes halogenated alkanes) is 5. The molecule has 0 amide bonds. The summed E-state index contributed by atoms with van der Waals surface area (Å²) in [5, 5.41) is 1.39. The number of rotatable bonds is 7. The number of fused-ring (bicyclic) bond motifs is 1. The van der Waals surface area contributed by atoms with Crippen LogP contribution in [0.25, 0.3) is 10.9 Å². The molecule has 0 aliphatic heterocycles. The molecule has 0 fully saturated rings. The molecule has 0 spiro atoms. The Bertz CT molecular complexity index is 516. The fourth-order valence-corrected chi connectivity index (χ4v) is 2.69. The first kappa shape index (κ1) is 14.0. The minimum atomic E-state index is 1.15. The van der Waals surface area contributed by atoms with Crippen molar-refractivity contribution in [2.24, 2.45) is 0 Å². The van der Waals surface area contributed by atoms with Crippen molar-refractivity contribution in [3.05, 3.63) is 42.1 Å². The van der Waals surface area contributed by atoms with Gasteiger partial charge in [-0.1, -0.05) is 44.7 Å². The van der Waals surface area contributed by atoms with E-state index in [2.05, 4.69) is 54.9 Å². The van der Waals surface area contributed by atoms with Crippen LogP contribution in [0.2, 0.25) is 0 Å². The van der Waals surface area contributed by atoms with E-state index < -0.39 is 0 Å². The molecule has 19 heavy (non-hydrogen) atoms. The fourth-order valence-electron chi connectivity index (χ4n) is 2.69. The van der Waals surface area contributed by atoms with Crippen molar-refractivity contribution in [3.8, 4) is 0 Å². The van der Waals surface area contributed by atoms with Gasteiger partial charge in [-0.15, -0.1) is 0 Å². The summed E-state index contributed by atoms with van der Waals surface area (Å²) in [6, 6.07) is 11.0. The van der Waals surface area contributed by atoms with E-state index in [1.165, 1.54) is 55.0 Å². The number of benzene rings is 1. The molecule has 1 heterocycles. The Labute approximate surface area is 117 Å². The molecule has 2 aromatic rings. The Kier molecular flexibility index (Phi) is 5.38. The van der Waals surface area contributed by atoms with Gasteiger partial charge in [-0.25, -0.2) is 0 Å². The van der Waals surface area contributed by atoms with Crippen molar-refractivity contribution in [1.82, 2.24) is 0 Å². The molecular formula is C18H26N+. The Morgan fingerprint density at radius 2 is 1.63 bits per heavy atom. The van der Waals surface area contributed by atoms with Crippen molar-refractivity contribution < 1.29 is 4.57 Å². The summed E-state index contributed by atoms with van der Waals surface area (Å²) in [5.41, 5.74) is 2.74. The summed E-state index contributed by atoms with van der Waals surface area (Å²) in [7, 11) is 0. The fraction of sp³-hybridized carbons (Fsp3) is 0.500. The molecule has 0 aliphatic rings. The molecule has 1 nitrogen and oxygen atoms in total. The predicted molar refractivity (Wildman–Crippen MR) is 82.3 cm³/mol. The van der Waals surface area contributed by atoms with E-state index >= 15 is 0 Å². The molecule has 0 saturated heterocycles. The summed E-state index contributed by atoms with van der Waals surface area (Å²) < 4.78 is 2.40. The van der Waals surface area contributed by atoms with Crippen LogP contribution in [0.5, 0.6) is 0 Å². The molecule has 102 valence electrons. The van der Waals surface area contributed by atoms with Crippen LogP contribution in [0.3, 0.4) is 0 Å². The molecule has 1 heteroatoms. The van der Waals surface area contributed by atoms with Gasteiger partial charge < -0.3 is 0 Å². The smallest absolute Gasteiger partial charge is 0.198 e. The molecule has 1 aromatic carbocycles. The first-order valence-electron chi connectivity index (χ1n) is 7.70. The lowest BCUT2D eigenvalue weighted by molar-refractivity contribution is -0.671. The number of hydrogen-bond acceptors (Lipinski definition) is 0. The normalized spacial score (nSPS) is 11.1. The molecule has 0 atom stereocenters. The van der Waals surface area contributed by atoms with E-state index in [1.54, 1.807) is 0 Å². The first-order chi connectivity index (χ1) is 9.33. The van der Waals surface area contributed by atoms with Crippen LogP contribution >= 0.6 is 0 Å². The highest BCUT2D eigenvalue weighted by atomic mass is 14.9. The topological polar surface area (TPSA) is 3.88 Å². The zero-order chi connectivity index (χ0) is 13.5. The zero-order valence-corrected chi connectivity index (χ0v) is 12.4. The highest BCUT2D eigenvalue weighted by Crippen LogP contribution is 2.14. The van der Waals surface area contributed by atoms with Gasteiger partial charge >= 0.3 is 0 Å². The number of aromatic nitrogens is 1. The third-order valence-corrected chi connectivity index (χ3v) is 3.90. The van der Waals surface area contributed by atoms with Gasteiger partial charge in [-0.3, -0.25) is 0 Å². The summed E-state index contributed by atoms with van der Waals surface area (Å²) in [5.74, 6) is 0. The van der Waals surface area contributed by atoms with Gasteiger partial charge in [0.15, 0.2) is 6.20 Å². The second-order valence-electron chi connectivity index (χ2n) is 5.48. The van der Waals surface area contributed by atoms with Gasteiger partial charge in [0.1, 0.15) is 6.54 Å². The minimum Gasteiger partial charge on any atom is -0.198 e. The molecule has 0 radical (unpaired) electrons. The number of pyridine rings is 1. The van der Waals surface area contributed by atoms with Crippen LogP contribution in [-0.2, 0) is 6.54 Å². The quantitative estimate of drug-likeness (QED) is 0.495. The molecular weight excluding hydrogens is 230 g/mol. The predicted octanol–water partition coefficient (Wildman–Crippen LogP) is 4.80. The van der Waals surface area contributed by atoms with Crippen LogP contribution in [0.15, 0.2) is 36.5 Å². The largest absolute Gasteiger partial charge is 0.212 e. The van der Waals surface area contributed by atoms with Gasteiger partial charge in [-0.05, 0) is 25.0 Å². The Hall–Kier alpha value is -1.37. The molecule has 0 N–H and O–H groups in total. The van der Waals surface area contributed by atoms with Gasteiger partial charge in [-0.2, -0.15) is 4.57 Å². The maximum atomic E-state index is 2.40. The third-order valence-electron chi connectivity index (χ3n) is 3.90. The summed E-state index contributed by atoms with van der Waals surface area (Å²) in [6.07, 6.45) is 10.4. The zero-order valence-electron chi connectivity index (χ0n) is 12.4. The number of hydrogen-bond donors (Lipinski definition) is 0. The van der Waals surface area contributed by atoms with E-state index in [-0.39, 0.29) is 0 Å². The maximum absolute atomic E-state index is 2.40. The van der Waals surface area contributed by atoms with Crippen LogP contribution in [-0.4, -0.2) is 0 Å². The standard InChI is InChI=1S/C18H26N/c1-3-4-5-6-7-10-14-19-15-13-16(2)17-11-8-9-12-18(17)19/h8-9,11-13,15H,3-7,10,14H2,1-2H3/q+1. The molecule has 0 saturated carbocycles. The molecule has 0 unspecified atom stereocenters. The van der Waals surface area contributed by atoms with Gasteiger partial charge in [0.25, 0.3) is 0 Å². The average molecular weight is 256 g/mol. The highest BCUT2D eigenvalue weighted by Gasteiger charge is 2.09. The first-order valence-corrected chi connectivity index (χ1v) is 7.70. The number of nitrogens with zero attached hydrogens (tertiary/aromatic N) is 1.